The van der Waals surface area contributed by atoms with Gasteiger partial charge in [0.05, 0.1) is 17.1 Å². The molecule has 110 valence electrons. The van der Waals surface area contributed by atoms with Crippen molar-refractivity contribution in [3.8, 4) is 0 Å². The molecular formula is C14H18N6O. The van der Waals surface area contributed by atoms with Gasteiger partial charge in [-0.05, 0) is 25.8 Å². The molecule has 1 aliphatic rings. The summed E-state index contributed by atoms with van der Waals surface area (Å²) in [6.07, 6.45) is 4.70. The summed E-state index contributed by atoms with van der Waals surface area (Å²) in [5.74, 6) is 0.403. The Morgan fingerprint density at radius 1 is 1.52 bits per heavy atom. The van der Waals surface area contributed by atoms with Crippen molar-refractivity contribution in [1.82, 2.24) is 24.6 Å². The maximum absolute atomic E-state index is 11.8. The second-order valence-electron chi connectivity index (χ2n) is 5.27. The average molecular weight is 286 g/mol. The highest BCUT2D eigenvalue weighted by molar-refractivity contribution is 5.88. The lowest BCUT2D eigenvalue weighted by atomic mass is 10.1. The van der Waals surface area contributed by atoms with Gasteiger partial charge in [0.15, 0.2) is 5.65 Å². The highest BCUT2D eigenvalue weighted by Crippen LogP contribution is 2.27. The van der Waals surface area contributed by atoms with E-state index in [1.54, 1.807) is 4.90 Å². The average Bonchev–Trinajstić information content (AvgIpc) is 2.85. The van der Waals surface area contributed by atoms with Crippen LogP contribution in [0.3, 0.4) is 0 Å². The minimum absolute atomic E-state index is 0.0398. The molecule has 1 atom stereocenters. The molecule has 7 heteroatoms. The number of fused-ring (bicyclic) bond motifs is 1. The molecule has 0 aliphatic carbocycles. The Labute approximate surface area is 122 Å². The molecule has 0 aromatic carbocycles. The van der Waals surface area contributed by atoms with Crippen molar-refractivity contribution in [1.29, 1.82) is 0 Å². The predicted octanol–water partition coefficient (Wildman–Crippen LogP) is 1.07. The molecule has 1 unspecified atom stereocenters. The van der Waals surface area contributed by atoms with Crippen molar-refractivity contribution < 1.29 is 4.79 Å². The summed E-state index contributed by atoms with van der Waals surface area (Å²) in [5, 5.41) is 5.36. The normalized spacial score (nSPS) is 18.9. The van der Waals surface area contributed by atoms with Gasteiger partial charge in [0.1, 0.15) is 12.1 Å². The molecule has 2 N–H and O–H groups in total. The van der Waals surface area contributed by atoms with Gasteiger partial charge in [-0.1, -0.05) is 6.58 Å². The van der Waals surface area contributed by atoms with Crippen LogP contribution in [-0.2, 0) is 4.79 Å². The van der Waals surface area contributed by atoms with Gasteiger partial charge in [-0.3, -0.25) is 4.79 Å². The van der Waals surface area contributed by atoms with Crippen molar-refractivity contribution in [3.63, 3.8) is 0 Å². The summed E-state index contributed by atoms with van der Waals surface area (Å²) in [4.78, 5) is 21.9. The SMILES string of the molecule is C=CC(=O)N1CCCC(n2nc(C)c3c(N)ncnc32)C1. The van der Waals surface area contributed by atoms with Gasteiger partial charge >= 0.3 is 0 Å². The number of aryl methyl sites for hydroxylation is 1. The van der Waals surface area contributed by atoms with E-state index in [1.165, 1.54) is 12.4 Å². The number of piperidine rings is 1. The number of rotatable bonds is 2. The van der Waals surface area contributed by atoms with Crippen LogP contribution in [0.1, 0.15) is 24.6 Å². The van der Waals surface area contributed by atoms with Crippen LogP contribution in [0.25, 0.3) is 11.0 Å². The van der Waals surface area contributed by atoms with Gasteiger partial charge in [-0.2, -0.15) is 5.10 Å². The number of nitrogens with two attached hydrogens (primary N) is 1. The molecule has 1 amide bonds. The molecule has 1 saturated heterocycles. The maximum Gasteiger partial charge on any atom is 0.246 e. The van der Waals surface area contributed by atoms with Crippen LogP contribution in [-0.4, -0.2) is 43.6 Å². The number of nitrogen functional groups attached to an aromatic ring is 1. The number of hydrogen-bond acceptors (Lipinski definition) is 5. The zero-order valence-electron chi connectivity index (χ0n) is 12.0. The van der Waals surface area contributed by atoms with E-state index in [2.05, 4.69) is 21.6 Å². The number of carbonyl (C=O) groups excluding carboxylic acids is 1. The Balaban J connectivity index is 1.99. The van der Waals surface area contributed by atoms with E-state index in [-0.39, 0.29) is 11.9 Å². The summed E-state index contributed by atoms with van der Waals surface area (Å²) in [6, 6.07) is 0.105. The lowest BCUT2D eigenvalue weighted by Crippen LogP contribution is -2.40. The molecule has 3 heterocycles. The number of nitrogens with zero attached hydrogens (tertiary/aromatic N) is 5. The van der Waals surface area contributed by atoms with Crippen molar-refractivity contribution in [2.45, 2.75) is 25.8 Å². The van der Waals surface area contributed by atoms with Gasteiger partial charge in [0.2, 0.25) is 5.91 Å². The summed E-state index contributed by atoms with van der Waals surface area (Å²) in [5.41, 5.74) is 7.46. The number of anilines is 1. The number of aromatic nitrogens is 4. The van der Waals surface area contributed by atoms with Crippen LogP contribution in [0.4, 0.5) is 5.82 Å². The first kappa shape index (κ1) is 13.5. The van der Waals surface area contributed by atoms with Crippen LogP contribution < -0.4 is 5.73 Å². The Hall–Kier alpha value is -2.44. The van der Waals surface area contributed by atoms with E-state index < -0.39 is 0 Å². The third-order valence-corrected chi connectivity index (χ3v) is 3.92. The third kappa shape index (κ3) is 2.24. The third-order valence-electron chi connectivity index (χ3n) is 3.92. The molecule has 2 aromatic rings. The number of carbonyl (C=O) groups is 1. The van der Waals surface area contributed by atoms with E-state index >= 15 is 0 Å². The van der Waals surface area contributed by atoms with Gasteiger partial charge in [-0.15, -0.1) is 0 Å². The fourth-order valence-corrected chi connectivity index (χ4v) is 2.91. The quantitative estimate of drug-likeness (QED) is 0.834. The minimum atomic E-state index is -0.0398. The highest BCUT2D eigenvalue weighted by atomic mass is 16.2. The van der Waals surface area contributed by atoms with Gasteiger partial charge in [0.25, 0.3) is 0 Å². The van der Waals surface area contributed by atoms with Crippen molar-refractivity contribution in [3.05, 3.63) is 24.7 Å². The van der Waals surface area contributed by atoms with Crippen molar-refractivity contribution in [2.75, 3.05) is 18.8 Å². The summed E-state index contributed by atoms with van der Waals surface area (Å²) >= 11 is 0. The van der Waals surface area contributed by atoms with Gasteiger partial charge in [0, 0.05) is 13.1 Å². The second kappa shape index (κ2) is 5.16. The lowest BCUT2D eigenvalue weighted by Gasteiger charge is -2.32. The van der Waals surface area contributed by atoms with Gasteiger partial charge < -0.3 is 10.6 Å². The van der Waals surface area contributed by atoms with Crippen LogP contribution >= 0.6 is 0 Å². The molecule has 7 nitrogen and oxygen atoms in total. The van der Waals surface area contributed by atoms with Gasteiger partial charge in [-0.25, -0.2) is 14.6 Å². The lowest BCUT2D eigenvalue weighted by molar-refractivity contribution is -0.127. The zero-order chi connectivity index (χ0) is 15.0. The Morgan fingerprint density at radius 3 is 3.10 bits per heavy atom. The van der Waals surface area contributed by atoms with Crippen molar-refractivity contribution in [2.24, 2.45) is 0 Å². The Kier molecular flexibility index (Phi) is 3.32. The van der Waals surface area contributed by atoms with Crippen LogP contribution in [0.5, 0.6) is 0 Å². The van der Waals surface area contributed by atoms with Crippen LogP contribution in [0, 0.1) is 6.92 Å². The molecule has 0 radical (unpaired) electrons. The molecular weight excluding hydrogens is 268 g/mol. The first-order valence-electron chi connectivity index (χ1n) is 6.98. The molecule has 0 bridgehead atoms. The molecule has 0 spiro atoms. The number of hydrogen-bond donors (Lipinski definition) is 1. The fraction of sp³-hybridized carbons (Fsp3) is 0.429. The van der Waals surface area contributed by atoms with E-state index in [9.17, 15) is 4.79 Å². The standard InChI is InChI=1S/C14H18N6O/c1-3-11(21)19-6-4-5-10(7-19)20-14-12(9(2)18-20)13(15)16-8-17-14/h3,8,10H,1,4-7H2,2H3,(H2,15,16,17). The Bertz CT molecular complexity index is 707. The van der Waals surface area contributed by atoms with Crippen LogP contribution in [0.15, 0.2) is 19.0 Å². The summed E-state index contributed by atoms with van der Waals surface area (Å²) in [6.45, 7) is 6.82. The first-order valence-corrected chi connectivity index (χ1v) is 6.98. The topological polar surface area (TPSA) is 89.9 Å². The number of amides is 1. The molecule has 21 heavy (non-hydrogen) atoms. The molecule has 1 fully saturated rings. The fourth-order valence-electron chi connectivity index (χ4n) is 2.91. The first-order chi connectivity index (χ1) is 10.1. The zero-order valence-corrected chi connectivity index (χ0v) is 12.0. The smallest absolute Gasteiger partial charge is 0.246 e. The summed E-state index contributed by atoms with van der Waals surface area (Å²) < 4.78 is 1.88. The molecule has 2 aromatic heterocycles. The Morgan fingerprint density at radius 2 is 2.33 bits per heavy atom. The second-order valence-corrected chi connectivity index (χ2v) is 5.27. The molecule has 1 aliphatic heterocycles. The van der Waals surface area contributed by atoms with E-state index in [1.807, 2.05) is 11.6 Å². The van der Waals surface area contributed by atoms with Crippen LogP contribution in [0.2, 0.25) is 0 Å². The highest BCUT2D eigenvalue weighted by Gasteiger charge is 2.26. The largest absolute Gasteiger partial charge is 0.383 e. The number of likely N-dealkylation sites (tertiary alicyclic amines) is 1. The predicted molar refractivity (Wildman–Crippen MR) is 79.5 cm³/mol. The van der Waals surface area contributed by atoms with Crippen molar-refractivity contribution >= 4 is 22.8 Å². The molecule has 3 rings (SSSR count). The monoisotopic (exact) mass is 286 g/mol. The van der Waals surface area contributed by atoms with E-state index in [4.69, 9.17) is 5.73 Å². The maximum atomic E-state index is 11.8. The van der Waals surface area contributed by atoms with E-state index in [0.29, 0.717) is 12.4 Å². The summed E-state index contributed by atoms with van der Waals surface area (Å²) in [7, 11) is 0. The van der Waals surface area contributed by atoms with E-state index in [0.717, 1.165) is 36.1 Å². The molecule has 0 saturated carbocycles. The minimum Gasteiger partial charge on any atom is -0.383 e.